The standard InChI is InChI=1S/C12H16N2O3/c1-14(2)12(17)13-10-5-3-4-9(8-10)6-7-11(15)16/h3-5,8H,6-7H2,1-2H3,(H,13,17)(H,15,16). The van der Waals surface area contributed by atoms with Crippen LogP contribution in [0.1, 0.15) is 12.0 Å². The van der Waals surface area contributed by atoms with Crippen molar-refractivity contribution < 1.29 is 14.7 Å². The minimum Gasteiger partial charge on any atom is -0.481 e. The van der Waals surface area contributed by atoms with Gasteiger partial charge in [0.25, 0.3) is 0 Å². The number of nitrogens with zero attached hydrogens (tertiary/aromatic N) is 1. The molecule has 17 heavy (non-hydrogen) atoms. The lowest BCUT2D eigenvalue weighted by atomic mass is 10.1. The molecule has 92 valence electrons. The fourth-order valence-electron chi connectivity index (χ4n) is 1.29. The number of carbonyl (C=O) groups is 2. The molecule has 0 bridgehead atoms. The Morgan fingerprint density at radius 3 is 2.65 bits per heavy atom. The van der Waals surface area contributed by atoms with Crippen LogP contribution in [0.4, 0.5) is 10.5 Å². The predicted molar refractivity (Wildman–Crippen MR) is 65.1 cm³/mol. The average molecular weight is 236 g/mol. The zero-order valence-corrected chi connectivity index (χ0v) is 9.93. The molecule has 0 aliphatic rings. The molecule has 1 rings (SSSR count). The van der Waals surface area contributed by atoms with E-state index in [1.807, 2.05) is 6.07 Å². The molecule has 0 saturated carbocycles. The Bertz CT molecular complexity index is 416. The number of aliphatic carboxylic acids is 1. The van der Waals surface area contributed by atoms with Gasteiger partial charge in [-0.05, 0) is 24.1 Å². The number of rotatable bonds is 4. The van der Waals surface area contributed by atoms with Crippen molar-refractivity contribution in [1.29, 1.82) is 0 Å². The van der Waals surface area contributed by atoms with E-state index in [2.05, 4.69) is 5.32 Å². The molecular formula is C12H16N2O3. The van der Waals surface area contributed by atoms with E-state index in [-0.39, 0.29) is 12.5 Å². The summed E-state index contributed by atoms with van der Waals surface area (Å²) in [4.78, 5) is 23.3. The number of hydrogen-bond acceptors (Lipinski definition) is 2. The summed E-state index contributed by atoms with van der Waals surface area (Å²) >= 11 is 0. The van der Waals surface area contributed by atoms with Gasteiger partial charge in [-0.3, -0.25) is 4.79 Å². The quantitative estimate of drug-likeness (QED) is 0.837. The lowest BCUT2D eigenvalue weighted by molar-refractivity contribution is -0.136. The second-order valence-electron chi connectivity index (χ2n) is 3.92. The minimum atomic E-state index is -0.826. The third kappa shape index (κ3) is 4.55. The van der Waals surface area contributed by atoms with Gasteiger partial charge in [0.1, 0.15) is 0 Å². The van der Waals surface area contributed by atoms with E-state index < -0.39 is 5.97 Å². The molecule has 0 heterocycles. The summed E-state index contributed by atoms with van der Waals surface area (Å²) in [7, 11) is 3.31. The van der Waals surface area contributed by atoms with Gasteiger partial charge >= 0.3 is 12.0 Å². The molecule has 5 heteroatoms. The predicted octanol–water partition coefficient (Wildman–Crippen LogP) is 1.80. The highest BCUT2D eigenvalue weighted by molar-refractivity contribution is 5.88. The van der Waals surface area contributed by atoms with Crippen LogP contribution in [0, 0.1) is 0 Å². The van der Waals surface area contributed by atoms with Gasteiger partial charge in [-0.25, -0.2) is 4.79 Å². The topological polar surface area (TPSA) is 69.6 Å². The first-order valence-electron chi connectivity index (χ1n) is 5.28. The van der Waals surface area contributed by atoms with Crippen LogP contribution >= 0.6 is 0 Å². The first-order chi connectivity index (χ1) is 7.99. The van der Waals surface area contributed by atoms with E-state index in [9.17, 15) is 9.59 Å². The van der Waals surface area contributed by atoms with Crippen LogP contribution < -0.4 is 5.32 Å². The molecule has 0 saturated heterocycles. The van der Waals surface area contributed by atoms with Gasteiger partial charge in [0.2, 0.25) is 0 Å². The molecule has 0 spiro atoms. The zero-order chi connectivity index (χ0) is 12.8. The van der Waals surface area contributed by atoms with E-state index in [1.54, 1.807) is 32.3 Å². The van der Waals surface area contributed by atoms with Crippen molar-refractivity contribution in [1.82, 2.24) is 4.90 Å². The van der Waals surface area contributed by atoms with Gasteiger partial charge < -0.3 is 15.3 Å². The number of anilines is 1. The highest BCUT2D eigenvalue weighted by atomic mass is 16.4. The number of carbonyl (C=O) groups excluding carboxylic acids is 1. The Hall–Kier alpha value is -2.04. The first kappa shape index (κ1) is 13.0. The maximum atomic E-state index is 11.4. The van der Waals surface area contributed by atoms with Crippen LogP contribution in [-0.2, 0) is 11.2 Å². The molecule has 1 aromatic rings. The summed E-state index contributed by atoms with van der Waals surface area (Å²) in [6.07, 6.45) is 0.548. The van der Waals surface area contributed by atoms with Crippen molar-refractivity contribution >= 4 is 17.7 Å². The monoisotopic (exact) mass is 236 g/mol. The van der Waals surface area contributed by atoms with Crippen molar-refractivity contribution in [3.05, 3.63) is 29.8 Å². The van der Waals surface area contributed by atoms with E-state index in [0.717, 1.165) is 5.56 Å². The molecule has 5 nitrogen and oxygen atoms in total. The Balaban J connectivity index is 2.65. The van der Waals surface area contributed by atoms with Gasteiger partial charge in [-0.2, -0.15) is 0 Å². The average Bonchev–Trinajstić information content (AvgIpc) is 2.26. The van der Waals surface area contributed by atoms with Crippen LogP contribution in [0.15, 0.2) is 24.3 Å². The van der Waals surface area contributed by atoms with E-state index in [4.69, 9.17) is 5.11 Å². The normalized spacial score (nSPS) is 9.76. The molecule has 0 aliphatic heterocycles. The highest BCUT2D eigenvalue weighted by Gasteiger charge is 2.05. The number of nitrogens with one attached hydrogen (secondary N) is 1. The van der Waals surface area contributed by atoms with Gasteiger partial charge in [-0.15, -0.1) is 0 Å². The SMILES string of the molecule is CN(C)C(=O)Nc1cccc(CCC(=O)O)c1. The molecule has 0 aliphatic carbocycles. The summed E-state index contributed by atoms with van der Waals surface area (Å²) in [6, 6.07) is 6.98. The summed E-state index contributed by atoms with van der Waals surface area (Å²) in [6.45, 7) is 0. The zero-order valence-electron chi connectivity index (χ0n) is 9.93. The van der Waals surface area contributed by atoms with Crippen LogP contribution in [0.2, 0.25) is 0 Å². The van der Waals surface area contributed by atoms with Crippen molar-refractivity contribution in [2.75, 3.05) is 19.4 Å². The largest absolute Gasteiger partial charge is 0.481 e. The molecule has 2 amide bonds. The van der Waals surface area contributed by atoms with Gasteiger partial charge in [-0.1, -0.05) is 12.1 Å². The van der Waals surface area contributed by atoms with Crippen molar-refractivity contribution in [3.8, 4) is 0 Å². The second kappa shape index (κ2) is 5.89. The fraction of sp³-hybridized carbons (Fsp3) is 0.333. The molecular weight excluding hydrogens is 220 g/mol. The highest BCUT2D eigenvalue weighted by Crippen LogP contribution is 2.12. The van der Waals surface area contributed by atoms with Crippen LogP contribution in [0.3, 0.4) is 0 Å². The van der Waals surface area contributed by atoms with Crippen LogP contribution in [-0.4, -0.2) is 36.1 Å². The van der Waals surface area contributed by atoms with E-state index >= 15 is 0 Å². The van der Waals surface area contributed by atoms with Crippen LogP contribution in [0.5, 0.6) is 0 Å². The Morgan fingerprint density at radius 1 is 1.35 bits per heavy atom. The molecule has 1 aromatic carbocycles. The summed E-state index contributed by atoms with van der Waals surface area (Å²) in [5.41, 5.74) is 1.57. The number of aryl methyl sites for hydroxylation is 1. The molecule has 0 unspecified atom stereocenters. The van der Waals surface area contributed by atoms with E-state index in [1.165, 1.54) is 4.90 Å². The lowest BCUT2D eigenvalue weighted by Crippen LogP contribution is -2.27. The third-order valence-corrected chi connectivity index (χ3v) is 2.21. The Morgan fingerprint density at radius 2 is 2.06 bits per heavy atom. The van der Waals surface area contributed by atoms with Crippen LogP contribution in [0.25, 0.3) is 0 Å². The number of carboxylic acid groups (broad SMARTS) is 1. The maximum absolute atomic E-state index is 11.4. The third-order valence-electron chi connectivity index (χ3n) is 2.21. The number of amides is 2. The van der Waals surface area contributed by atoms with Gasteiger partial charge in [0, 0.05) is 26.2 Å². The number of urea groups is 1. The van der Waals surface area contributed by atoms with Crippen molar-refractivity contribution in [3.63, 3.8) is 0 Å². The smallest absolute Gasteiger partial charge is 0.321 e. The van der Waals surface area contributed by atoms with Crippen molar-refractivity contribution in [2.24, 2.45) is 0 Å². The van der Waals surface area contributed by atoms with Crippen molar-refractivity contribution in [2.45, 2.75) is 12.8 Å². The van der Waals surface area contributed by atoms with Gasteiger partial charge in [0.05, 0.1) is 0 Å². The Kier molecular flexibility index (Phi) is 4.51. The molecule has 2 N–H and O–H groups in total. The number of benzene rings is 1. The number of carboxylic acids is 1. The second-order valence-corrected chi connectivity index (χ2v) is 3.92. The van der Waals surface area contributed by atoms with Gasteiger partial charge in [0.15, 0.2) is 0 Å². The maximum Gasteiger partial charge on any atom is 0.321 e. The van der Waals surface area contributed by atoms with E-state index in [0.29, 0.717) is 12.1 Å². The lowest BCUT2D eigenvalue weighted by Gasteiger charge is -2.12. The summed E-state index contributed by atoms with van der Waals surface area (Å²) < 4.78 is 0. The minimum absolute atomic E-state index is 0.0884. The first-order valence-corrected chi connectivity index (χ1v) is 5.28. The Labute approximate surface area is 100 Å². The summed E-state index contributed by atoms with van der Waals surface area (Å²) in [5.74, 6) is -0.826. The fourth-order valence-corrected chi connectivity index (χ4v) is 1.29. The molecule has 0 aromatic heterocycles. The molecule has 0 atom stereocenters. The molecule has 0 fully saturated rings. The molecule has 0 radical (unpaired) electrons. The summed E-state index contributed by atoms with van der Waals surface area (Å²) in [5, 5.41) is 11.3. The number of hydrogen-bond donors (Lipinski definition) is 2.